The molecule has 1 fully saturated rings. The highest BCUT2D eigenvalue weighted by molar-refractivity contribution is 5.79. The Hall–Kier alpha value is -2.82. The van der Waals surface area contributed by atoms with Crippen LogP contribution in [0.5, 0.6) is 5.75 Å². The zero-order valence-electron chi connectivity index (χ0n) is 20.2. The van der Waals surface area contributed by atoms with Gasteiger partial charge >= 0.3 is 5.97 Å². The van der Waals surface area contributed by atoms with Crippen molar-refractivity contribution in [3.05, 3.63) is 48.2 Å². The molecule has 1 saturated carbocycles. The van der Waals surface area contributed by atoms with Gasteiger partial charge in [-0.15, -0.1) is 0 Å². The van der Waals surface area contributed by atoms with Gasteiger partial charge in [-0.1, -0.05) is 27.2 Å². The number of aromatic nitrogens is 2. The Morgan fingerprint density at radius 2 is 1.81 bits per heavy atom. The maximum atomic E-state index is 12.2. The van der Waals surface area contributed by atoms with Crippen molar-refractivity contribution in [3.8, 4) is 17.0 Å². The first-order chi connectivity index (χ1) is 15.0. The fourth-order valence-corrected chi connectivity index (χ4v) is 4.68. The van der Waals surface area contributed by atoms with Gasteiger partial charge in [0.2, 0.25) is 0 Å². The zero-order valence-corrected chi connectivity index (χ0v) is 20.2. The predicted molar refractivity (Wildman–Crippen MR) is 130 cm³/mol. The van der Waals surface area contributed by atoms with Crippen molar-refractivity contribution < 1.29 is 9.53 Å². The highest BCUT2D eigenvalue weighted by Crippen LogP contribution is 2.36. The number of pyridine rings is 1. The minimum absolute atomic E-state index is 0.0669. The molecule has 0 radical (unpaired) electrons. The van der Waals surface area contributed by atoms with E-state index in [2.05, 4.69) is 69.6 Å². The first-order valence-corrected chi connectivity index (χ1v) is 11.6. The Bertz CT molecular complexity index is 1120. The van der Waals surface area contributed by atoms with Crippen molar-refractivity contribution in [3.63, 3.8) is 0 Å². The molecule has 3 aromatic rings. The largest absolute Gasteiger partial charge is 0.426 e. The molecule has 0 spiro atoms. The molecular weight excluding hydrogens is 398 g/mol. The van der Waals surface area contributed by atoms with Gasteiger partial charge in [0.15, 0.2) is 0 Å². The fourth-order valence-electron chi connectivity index (χ4n) is 4.68. The predicted octanol–water partition coefficient (Wildman–Crippen LogP) is 6.64. The van der Waals surface area contributed by atoms with Crippen molar-refractivity contribution >= 4 is 17.4 Å². The van der Waals surface area contributed by atoms with E-state index in [9.17, 15) is 4.79 Å². The van der Waals surface area contributed by atoms with Crippen LogP contribution in [0.4, 0.5) is 5.82 Å². The van der Waals surface area contributed by atoms with Gasteiger partial charge < -0.3 is 10.1 Å². The minimum Gasteiger partial charge on any atom is -0.426 e. The third-order valence-corrected chi connectivity index (χ3v) is 6.00. The van der Waals surface area contributed by atoms with Gasteiger partial charge in [0, 0.05) is 17.3 Å². The number of nitrogens with zero attached hydrogens (tertiary/aromatic N) is 2. The summed E-state index contributed by atoms with van der Waals surface area (Å²) in [5, 5.41) is 3.78. The molecule has 0 aliphatic heterocycles. The average Bonchev–Trinajstić information content (AvgIpc) is 2.95. The van der Waals surface area contributed by atoms with E-state index in [0.29, 0.717) is 5.75 Å². The number of aryl methyl sites for hydroxylation is 1. The van der Waals surface area contributed by atoms with Crippen LogP contribution in [0, 0.1) is 18.3 Å². The highest BCUT2D eigenvalue weighted by Gasteiger charge is 2.29. The van der Waals surface area contributed by atoms with Crippen LogP contribution in [0.15, 0.2) is 42.6 Å². The normalized spacial score (nSPS) is 14.9. The van der Waals surface area contributed by atoms with Crippen molar-refractivity contribution in [1.82, 2.24) is 9.38 Å². The molecule has 1 N–H and O–H groups in total. The molecule has 5 nitrogen and oxygen atoms in total. The standard InChI is InChI=1S/C27H35N3O2/c1-18-14-15-30-22(16-18)28-23(24(30)29-27(5,6)17-26(2,3)4)19-10-12-21(13-11-19)32-25(31)20-8-7-9-20/h10-16,20,29H,7-9,17H2,1-6H3. The molecule has 4 rings (SSSR count). The molecule has 1 aliphatic carbocycles. The van der Waals surface area contributed by atoms with Gasteiger partial charge in [0.1, 0.15) is 22.9 Å². The molecule has 1 aromatic carbocycles. The summed E-state index contributed by atoms with van der Waals surface area (Å²) in [6.07, 6.45) is 6.08. The van der Waals surface area contributed by atoms with Crippen LogP contribution in [0.3, 0.4) is 0 Å². The Morgan fingerprint density at radius 3 is 2.41 bits per heavy atom. The number of fused-ring (bicyclic) bond motifs is 1. The van der Waals surface area contributed by atoms with Crippen LogP contribution in [0.25, 0.3) is 16.9 Å². The maximum Gasteiger partial charge on any atom is 0.314 e. The van der Waals surface area contributed by atoms with Crippen molar-refractivity contribution in [2.75, 3.05) is 5.32 Å². The third kappa shape index (κ3) is 4.98. The number of hydrogen-bond donors (Lipinski definition) is 1. The van der Waals surface area contributed by atoms with E-state index in [0.717, 1.165) is 48.4 Å². The summed E-state index contributed by atoms with van der Waals surface area (Å²) in [6.45, 7) is 13.3. The molecule has 5 heteroatoms. The van der Waals surface area contributed by atoms with Crippen molar-refractivity contribution in [2.45, 2.75) is 72.8 Å². The SMILES string of the molecule is Cc1ccn2c(NC(C)(C)CC(C)(C)C)c(-c3ccc(OC(=O)C4CCC4)cc3)nc2c1. The second-order valence-corrected chi connectivity index (χ2v) is 11.1. The van der Waals surface area contributed by atoms with Crippen LogP contribution < -0.4 is 10.1 Å². The topological polar surface area (TPSA) is 55.6 Å². The molecule has 1 aliphatic rings. The van der Waals surface area contributed by atoms with E-state index in [4.69, 9.17) is 9.72 Å². The van der Waals surface area contributed by atoms with Gasteiger partial charge in [0.05, 0.1) is 5.92 Å². The van der Waals surface area contributed by atoms with Gasteiger partial charge in [-0.05, 0) is 87.4 Å². The van der Waals surface area contributed by atoms with E-state index in [-0.39, 0.29) is 22.8 Å². The van der Waals surface area contributed by atoms with Crippen LogP contribution in [0.1, 0.15) is 65.9 Å². The lowest BCUT2D eigenvalue weighted by Gasteiger charge is -2.34. The minimum atomic E-state index is -0.119. The quantitative estimate of drug-likeness (QED) is 0.350. The first kappa shape index (κ1) is 22.4. The highest BCUT2D eigenvalue weighted by atomic mass is 16.5. The van der Waals surface area contributed by atoms with Crippen LogP contribution in [-0.4, -0.2) is 20.9 Å². The van der Waals surface area contributed by atoms with E-state index < -0.39 is 0 Å². The lowest BCUT2D eigenvalue weighted by atomic mass is 9.82. The lowest BCUT2D eigenvalue weighted by Crippen LogP contribution is -2.36. The van der Waals surface area contributed by atoms with E-state index in [1.54, 1.807) is 0 Å². The summed E-state index contributed by atoms with van der Waals surface area (Å²) < 4.78 is 7.69. The number of imidazole rings is 1. The van der Waals surface area contributed by atoms with Gasteiger partial charge in [-0.3, -0.25) is 9.20 Å². The molecule has 0 bridgehead atoms. The number of ether oxygens (including phenoxy) is 1. The second-order valence-electron chi connectivity index (χ2n) is 11.1. The Kier molecular flexibility index (Phi) is 5.78. The average molecular weight is 434 g/mol. The molecule has 32 heavy (non-hydrogen) atoms. The number of carbonyl (C=O) groups excluding carboxylic acids is 1. The number of rotatable bonds is 6. The Labute approximate surface area is 191 Å². The molecule has 0 saturated heterocycles. The Morgan fingerprint density at radius 1 is 1.12 bits per heavy atom. The number of anilines is 1. The summed E-state index contributed by atoms with van der Waals surface area (Å²) in [4.78, 5) is 17.1. The number of nitrogens with one attached hydrogen (secondary N) is 1. The van der Waals surface area contributed by atoms with Crippen LogP contribution >= 0.6 is 0 Å². The molecular formula is C27H35N3O2. The summed E-state index contributed by atoms with van der Waals surface area (Å²) >= 11 is 0. The zero-order chi connectivity index (χ0) is 23.1. The van der Waals surface area contributed by atoms with E-state index >= 15 is 0 Å². The number of benzene rings is 1. The van der Waals surface area contributed by atoms with Crippen LogP contribution in [0.2, 0.25) is 0 Å². The van der Waals surface area contributed by atoms with E-state index in [1.165, 1.54) is 5.56 Å². The molecule has 0 amide bonds. The van der Waals surface area contributed by atoms with Gasteiger partial charge in [-0.25, -0.2) is 4.98 Å². The summed E-state index contributed by atoms with van der Waals surface area (Å²) in [5.74, 6) is 1.52. The molecule has 0 unspecified atom stereocenters. The lowest BCUT2D eigenvalue weighted by molar-refractivity contribution is -0.141. The second kappa shape index (κ2) is 8.27. The first-order valence-electron chi connectivity index (χ1n) is 11.6. The van der Waals surface area contributed by atoms with Crippen LogP contribution in [-0.2, 0) is 4.79 Å². The summed E-state index contributed by atoms with van der Waals surface area (Å²) in [7, 11) is 0. The van der Waals surface area contributed by atoms with Crippen molar-refractivity contribution in [2.24, 2.45) is 11.3 Å². The maximum absolute atomic E-state index is 12.2. The smallest absolute Gasteiger partial charge is 0.314 e. The molecule has 0 atom stereocenters. The van der Waals surface area contributed by atoms with Gasteiger partial charge in [0.25, 0.3) is 0 Å². The number of hydrogen-bond acceptors (Lipinski definition) is 4. The Balaban J connectivity index is 1.67. The summed E-state index contributed by atoms with van der Waals surface area (Å²) in [5.41, 5.74) is 4.05. The van der Waals surface area contributed by atoms with Gasteiger partial charge in [-0.2, -0.15) is 0 Å². The number of esters is 1. The monoisotopic (exact) mass is 433 g/mol. The fraction of sp³-hybridized carbons (Fsp3) is 0.481. The molecule has 2 heterocycles. The van der Waals surface area contributed by atoms with Crippen molar-refractivity contribution in [1.29, 1.82) is 0 Å². The summed E-state index contributed by atoms with van der Waals surface area (Å²) in [6, 6.07) is 11.9. The molecule has 2 aromatic heterocycles. The third-order valence-electron chi connectivity index (χ3n) is 6.00. The molecule has 170 valence electrons. The van der Waals surface area contributed by atoms with E-state index in [1.807, 2.05) is 24.3 Å². The number of carbonyl (C=O) groups is 1.